The highest BCUT2D eigenvalue weighted by molar-refractivity contribution is 5.94. The second-order valence-electron chi connectivity index (χ2n) is 4.26. The number of nitrogens with one attached hydrogen (secondary N) is 2. The molecule has 106 valence electrons. The van der Waals surface area contributed by atoms with Gasteiger partial charge in [-0.1, -0.05) is 25.3 Å². The number of hydrogen-bond acceptors (Lipinski definition) is 2. The molecule has 0 aliphatic carbocycles. The fraction of sp³-hybridized carbons (Fsp3) is 0.333. The van der Waals surface area contributed by atoms with Gasteiger partial charge in [0.1, 0.15) is 6.54 Å². The van der Waals surface area contributed by atoms with Gasteiger partial charge in [0.25, 0.3) is 0 Å². The van der Waals surface area contributed by atoms with Crippen LogP contribution < -0.4 is 16.4 Å². The largest absolute Gasteiger partial charge is 0.370 e. The summed E-state index contributed by atoms with van der Waals surface area (Å²) in [5, 5.41) is 5.66. The zero-order valence-electron chi connectivity index (χ0n) is 11.6. The summed E-state index contributed by atoms with van der Waals surface area (Å²) in [5.41, 5.74) is 7.00. The Labute approximate surface area is 119 Å². The topological polar surface area (TPSA) is 79.5 Å². The van der Waals surface area contributed by atoms with Crippen molar-refractivity contribution in [3.8, 4) is 12.3 Å². The number of unbranched alkanes of at least 4 members (excludes halogenated alkanes) is 1. The Morgan fingerprint density at radius 1 is 1.50 bits per heavy atom. The highest BCUT2D eigenvalue weighted by Gasteiger charge is 2.02. The van der Waals surface area contributed by atoms with Gasteiger partial charge in [0.05, 0.1) is 0 Å². The van der Waals surface area contributed by atoms with Crippen molar-refractivity contribution in [3.63, 3.8) is 0 Å². The molecule has 0 heterocycles. The van der Waals surface area contributed by atoms with Gasteiger partial charge in [-0.2, -0.15) is 0 Å². The Balaban J connectivity index is 2.43. The molecule has 0 aliphatic heterocycles. The maximum Gasteiger partial charge on any atom is 0.246 e. The predicted octanol–water partition coefficient (Wildman–Crippen LogP) is 1.31. The number of nitrogens with zero attached hydrogens (tertiary/aromatic N) is 1. The van der Waals surface area contributed by atoms with E-state index in [2.05, 4.69) is 28.5 Å². The van der Waals surface area contributed by atoms with Gasteiger partial charge in [0, 0.05) is 17.8 Å². The van der Waals surface area contributed by atoms with Crippen LogP contribution in [0.4, 0.5) is 5.69 Å². The normalized spacial score (nSPS) is 10.7. The average Bonchev–Trinajstić information content (AvgIpc) is 2.45. The summed E-state index contributed by atoms with van der Waals surface area (Å²) in [5.74, 6) is 2.56. The Bertz CT molecular complexity index is 517. The van der Waals surface area contributed by atoms with Gasteiger partial charge in [0.15, 0.2) is 5.96 Å². The summed E-state index contributed by atoms with van der Waals surface area (Å²) in [6, 6.07) is 7.08. The van der Waals surface area contributed by atoms with Crippen LogP contribution in [0.25, 0.3) is 0 Å². The van der Waals surface area contributed by atoms with Gasteiger partial charge in [-0.05, 0) is 24.6 Å². The van der Waals surface area contributed by atoms with Crippen LogP contribution in [0.2, 0.25) is 0 Å². The summed E-state index contributed by atoms with van der Waals surface area (Å²) in [6.07, 6.45) is 7.39. The highest BCUT2D eigenvalue weighted by Crippen LogP contribution is 2.09. The molecule has 0 unspecified atom stereocenters. The first-order valence-corrected chi connectivity index (χ1v) is 6.56. The van der Waals surface area contributed by atoms with Crippen LogP contribution >= 0.6 is 0 Å². The zero-order valence-corrected chi connectivity index (χ0v) is 11.6. The molecular weight excluding hydrogens is 252 g/mol. The van der Waals surface area contributed by atoms with Crippen molar-refractivity contribution in [2.24, 2.45) is 10.7 Å². The SMILES string of the molecule is C#Cc1cccc(NC(=O)CN=C(N)NCCCC)c1. The lowest BCUT2D eigenvalue weighted by Gasteiger charge is -2.06. The molecule has 1 aromatic rings. The molecule has 0 radical (unpaired) electrons. The molecular formula is C15H20N4O. The lowest BCUT2D eigenvalue weighted by molar-refractivity contribution is -0.114. The molecule has 0 fully saturated rings. The molecule has 5 nitrogen and oxygen atoms in total. The van der Waals surface area contributed by atoms with Crippen molar-refractivity contribution < 1.29 is 4.79 Å². The second-order valence-corrected chi connectivity index (χ2v) is 4.26. The standard InChI is InChI=1S/C15H20N4O/c1-3-5-9-17-15(16)18-11-14(20)19-13-8-6-7-12(4-2)10-13/h2,6-8,10H,3,5,9,11H2,1H3,(H,19,20)(H3,16,17,18). The van der Waals surface area contributed by atoms with E-state index in [4.69, 9.17) is 12.2 Å². The van der Waals surface area contributed by atoms with Crippen molar-refractivity contribution >= 4 is 17.6 Å². The molecule has 0 spiro atoms. The van der Waals surface area contributed by atoms with Gasteiger partial charge >= 0.3 is 0 Å². The number of carbonyl (C=O) groups excluding carboxylic acids is 1. The molecule has 0 aliphatic rings. The predicted molar refractivity (Wildman–Crippen MR) is 82.4 cm³/mol. The molecule has 0 saturated carbocycles. The molecule has 1 rings (SSSR count). The zero-order chi connectivity index (χ0) is 14.8. The van der Waals surface area contributed by atoms with E-state index in [0.29, 0.717) is 11.3 Å². The Kier molecular flexibility index (Phi) is 6.69. The minimum atomic E-state index is -0.237. The maximum absolute atomic E-state index is 11.7. The number of nitrogens with two attached hydrogens (primary N) is 1. The summed E-state index contributed by atoms with van der Waals surface area (Å²) >= 11 is 0. The van der Waals surface area contributed by atoms with E-state index in [1.807, 2.05) is 0 Å². The summed E-state index contributed by atoms with van der Waals surface area (Å²) in [6.45, 7) is 2.83. The maximum atomic E-state index is 11.7. The number of terminal acetylenes is 1. The van der Waals surface area contributed by atoms with Gasteiger partial charge < -0.3 is 16.4 Å². The number of carbonyl (C=O) groups is 1. The van der Waals surface area contributed by atoms with Crippen LogP contribution in [0.1, 0.15) is 25.3 Å². The Hall–Kier alpha value is -2.48. The van der Waals surface area contributed by atoms with Crippen molar-refractivity contribution in [2.75, 3.05) is 18.4 Å². The third-order valence-corrected chi connectivity index (χ3v) is 2.54. The summed E-state index contributed by atoms with van der Waals surface area (Å²) < 4.78 is 0. The van der Waals surface area contributed by atoms with E-state index in [-0.39, 0.29) is 18.4 Å². The third-order valence-electron chi connectivity index (χ3n) is 2.54. The number of hydrogen-bond donors (Lipinski definition) is 3. The molecule has 5 heteroatoms. The van der Waals surface area contributed by atoms with E-state index in [0.717, 1.165) is 19.4 Å². The van der Waals surface area contributed by atoms with Crippen LogP contribution in [0.3, 0.4) is 0 Å². The van der Waals surface area contributed by atoms with E-state index < -0.39 is 0 Å². The minimum absolute atomic E-state index is 0.0226. The molecule has 0 atom stereocenters. The number of guanidine groups is 1. The quantitative estimate of drug-likeness (QED) is 0.316. The van der Waals surface area contributed by atoms with Crippen LogP contribution in [0, 0.1) is 12.3 Å². The minimum Gasteiger partial charge on any atom is -0.370 e. The molecule has 4 N–H and O–H groups in total. The average molecular weight is 272 g/mol. The van der Waals surface area contributed by atoms with Crippen LogP contribution in [0.5, 0.6) is 0 Å². The molecule has 20 heavy (non-hydrogen) atoms. The van der Waals surface area contributed by atoms with Crippen molar-refractivity contribution in [3.05, 3.63) is 29.8 Å². The van der Waals surface area contributed by atoms with Gasteiger partial charge in [-0.3, -0.25) is 4.79 Å². The van der Waals surface area contributed by atoms with Crippen molar-refractivity contribution in [1.82, 2.24) is 5.32 Å². The highest BCUT2D eigenvalue weighted by atomic mass is 16.1. The molecule has 1 amide bonds. The van der Waals surface area contributed by atoms with Crippen molar-refractivity contribution in [1.29, 1.82) is 0 Å². The van der Waals surface area contributed by atoms with Crippen LogP contribution in [0.15, 0.2) is 29.3 Å². The Morgan fingerprint density at radius 2 is 2.30 bits per heavy atom. The first kappa shape index (κ1) is 15.6. The molecule has 0 aromatic heterocycles. The van der Waals surface area contributed by atoms with E-state index in [9.17, 15) is 4.79 Å². The lowest BCUT2D eigenvalue weighted by Crippen LogP contribution is -2.33. The van der Waals surface area contributed by atoms with Crippen LogP contribution in [-0.2, 0) is 4.79 Å². The third kappa shape index (κ3) is 5.91. The number of benzene rings is 1. The van der Waals surface area contributed by atoms with E-state index in [1.54, 1.807) is 24.3 Å². The molecule has 1 aromatic carbocycles. The van der Waals surface area contributed by atoms with Crippen LogP contribution in [-0.4, -0.2) is 25.0 Å². The lowest BCUT2D eigenvalue weighted by atomic mass is 10.2. The van der Waals surface area contributed by atoms with Gasteiger partial charge in [0.2, 0.25) is 5.91 Å². The summed E-state index contributed by atoms with van der Waals surface area (Å²) in [7, 11) is 0. The first-order chi connectivity index (χ1) is 9.65. The number of rotatable bonds is 6. The molecule has 0 saturated heterocycles. The fourth-order valence-corrected chi connectivity index (χ4v) is 1.49. The fourth-order valence-electron chi connectivity index (χ4n) is 1.49. The summed E-state index contributed by atoms with van der Waals surface area (Å²) in [4.78, 5) is 15.7. The molecule has 0 bridgehead atoms. The Morgan fingerprint density at radius 3 is 3.00 bits per heavy atom. The van der Waals surface area contributed by atoms with Crippen molar-refractivity contribution in [2.45, 2.75) is 19.8 Å². The second kappa shape index (κ2) is 8.59. The van der Waals surface area contributed by atoms with E-state index in [1.165, 1.54) is 0 Å². The smallest absolute Gasteiger partial charge is 0.246 e. The first-order valence-electron chi connectivity index (χ1n) is 6.56. The number of aliphatic imine (C=N–C) groups is 1. The van der Waals surface area contributed by atoms with Gasteiger partial charge in [-0.15, -0.1) is 6.42 Å². The number of amides is 1. The number of anilines is 1. The van der Waals surface area contributed by atoms with E-state index >= 15 is 0 Å². The monoisotopic (exact) mass is 272 g/mol. The van der Waals surface area contributed by atoms with Gasteiger partial charge in [-0.25, -0.2) is 4.99 Å².